The van der Waals surface area contributed by atoms with Gasteiger partial charge in [0.05, 0.1) is 32.9 Å². The van der Waals surface area contributed by atoms with E-state index in [9.17, 15) is 13.2 Å². The summed E-state index contributed by atoms with van der Waals surface area (Å²) in [6.07, 6.45) is 6.49. The minimum Gasteiger partial charge on any atom is -0.361 e. The van der Waals surface area contributed by atoms with E-state index in [2.05, 4.69) is 30.3 Å². The van der Waals surface area contributed by atoms with E-state index in [0.717, 1.165) is 10.9 Å². The number of nitrogens with one attached hydrogen (secondary N) is 4. The van der Waals surface area contributed by atoms with E-state index in [1.807, 2.05) is 6.07 Å². The number of aromatic amines is 1. The van der Waals surface area contributed by atoms with E-state index in [1.165, 1.54) is 24.3 Å². The van der Waals surface area contributed by atoms with Crippen LogP contribution in [0, 0.1) is 0 Å². The monoisotopic (exact) mass is 580 g/mol. The Kier molecular flexibility index (Phi) is 7.42. The number of carbonyl (C=O) groups excluding carboxylic acids is 1. The average molecular weight is 581 g/mol. The van der Waals surface area contributed by atoms with E-state index in [-0.39, 0.29) is 4.90 Å². The third-order valence-corrected chi connectivity index (χ3v) is 8.29. The van der Waals surface area contributed by atoms with Gasteiger partial charge in [0.25, 0.3) is 10.0 Å². The van der Waals surface area contributed by atoms with Crippen LogP contribution >= 0.6 is 23.2 Å². The second kappa shape index (κ2) is 10.9. The first kappa shape index (κ1) is 26.5. The molecule has 0 fully saturated rings. The molecule has 4 N–H and O–H groups in total. The van der Waals surface area contributed by atoms with Gasteiger partial charge in [-0.3, -0.25) is 14.7 Å². The molecule has 0 saturated carbocycles. The summed E-state index contributed by atoms with van der Waals surface area (Å²) in [5.41, 5.74) is 3.59. The number of aromatic nitrogens is 3. The van der Waals surface area contributed by atoms with Gasteiger partial charge in [0, 0.05) is 46.4 Å². The molecule has 12 heteroatoms. The van der Waals surface area contributed by atoms with Crippen LogP contribution in [-0.4, -0.2) is 29.4 Å². The fraction of sp³-hybridized carbons (Fsp3) is 0.0741. The quantitative estimate of drug-likeness (QED) is 0.172. The number of rotatable bonds is 7. The molecule has 9 nitrogen and oxygen atoms in total. The fourth-order valence-electron chi connectivity index (χ4n) is 4.02. The molecule has 0 unspecified atom stereocenters. The molecule has 0 aliphatic heterocycles. The van der Waals surface area contributed by atoms with Crippen molar-refractivity contribution in [2.75, 3.05) is 10.0 Å². The second-order valence-corrected chi connectivity index (χ2v) is 11.1. The topological polar surface area (TPSA) is 129 Å². The number of hydrogen-bond acceptors (Lipinski definition) is 5. The zero-order valence-electron chi connectivity index (χ0n) is 20.4. The van der Waals surface area contributed by atoms with Crippen molar-refractivity contribution in [2.45, 2.75) is 17.9 Å². The van der Waals surface area contributed by atoms with Crippen LogP contribution in [0.1, 0.15) is 18.5 Å². The van der Waals surface area contributed by atoms with Crippen LogP contribution in [0.25, 0.3) is 22.2 Å². The van der Waals surface area contributed by atoms with Crippen LogP contribution in [0.4, 0.5) is 16.2 Å². The summed E-state index contributed by atoms with van der Waals surface area (Å²) in [5.74, 6) is 0. The highest BCUT2D eigenvalue weighted by Gasteiger charge is 2.19. The first-order valence-electron chi connectivity index (χ1n) is 11.7. The third-order valence-electron chi connectivity index (χ3n) is 5.99. The summed E-state index contributed by atoms with van der Waals surface area (Å²) in [4.78, 5) is 24.0. The summed E-state index contributed by atoms with van der Waals surface area (Å²) >= 11 is 13.0. The molecule has 2 aromatic heterocycles. The molecule has 0 saturated heterocycles. The summed E-state index contributed by atoms with van der Waals surface area (Å²) in [7, 11) is -3.82. The molecule has 0 aliphatic rings. The van der Waals surface area contributed by atoms with Crippen LogP contribution in [0.15, 0.2) is 90.3 Å². The molecular formula is C27H22Cl2N6O3S. The van der Waals surface area contributed by atoms with Crippen LogP contribution in [0.5, 0.6) is 0 Å². The lowest BCUT2D eigenvalue weighted by Crippen LogP contribution is -2.31. The Morgan fingerprint density at radius 2 is 1.72 bits per heavy atom. The summed E-state index contributed by atoms with van der Waals surface area (Å²) < 4.78 is 28.2. The highest BCUT2D eigenvalue weighted by atomic mass is 35.5. The molecule has 5 aromatic rings. The number of carbonyl (C=O) groups is 1. The number of benzene rings is 3. The first-order valence-corrected chi connectivity index (χ1v) is 14.0. The molecule has 0 radical (unpaired) electrons. The maximum Gasteiger partial charge on any atom is 0.319 e. The van der Waals surface area contributed by atoms with E-state index in [1.54, 1.807) is 62.0 Å². The maximum absolute atomic E-state index is 12.8. The van der Waals surface area contributed by atoms with Gasteiger partial charge in [0.15, 0.2) is 0 Å². The van der Waals surface area contributed by atoms with Gasteiger partial charge in [-0.15, -0.1) is 0 Å². The minimum atomic E-state index is -3.82. The highest BCUT2D eigenvalue weighted by Crippen LogP contribution is 2.37. The van der Waals surface area contributed by atoms with Crippen molar-refractivity contribution in [1.29, 1.82) is 0 Å². The molecule has 2 amide bonds. The van der Waals surface area contributed by atoms with E-state index >= 15 is 0 Å². The molecule has 198 valence electrons. The Morgan fingerprint density at radius 1 is 0.949 bits per heavy atom. The van der Waals surface area contributed by atoms with Gasteiger partial charge in [0.1, 0.15) is 0 Å². The summed E-state index contributed by atoms with van der Waals surface area (Å²) in [6.45, 7) is 1.77. The molecule has 0 spiro atoms. The zero-order chi connectivity index (χ0) is 27.6. The molecular weight excluding hydrogens is 559 g/mol. The average Bonchev–Trinajstić information content (AvgIpc) is 3.38. The first-order chi connectivity index (χ1) is 18.7. The van der Waals surface area contributed by atoms with Gasteiger partial charge < -0.3 is 15.6 Å². The lowest BCUT2D eigenvalue weighted by molar-refractivity contribution is 0.249. The van der Waals surface area contributed by atoms with Gasteiger partial charge in [-0.05, 0) is 61.0 Å². The van der Waals surface area contributed by atoms with Crippen molar-refractivity contribution < 1.29 is 13.2 Å². The smallest absolute Gasteiger partial charge is 0.319 e. The lowest BCUT2D eigenvalue weighted by Gasteiger charge is -2.18. The van der Waals surface area contributed by atoms with Crippen LogP contribution in [0.3, 0.4) is 0 Å². The predicted octanol–water partition coefficient (Wildman–Crippen LogP) is 6.62. The Morgan fingerprint density at radius 3 is 2.46 bits per heavy atom. The fourth-order valence-corrected chi connectivity index (χ4v) is 5.67. The second-order valence-electron chi connectivity index (χ2n) is 8.65. The Bertz CT molecular complexity index is 1760. The molecule has 0 aliphatic carbocycles. The van der Waals surface area contributed by atoms with Crippen molar-refractivity contribution in [3.05, 3.63) is 101 Å². The molecule has 39 heavy (non-hydrogen) atoms. The van der Waals surface area contributed by atoms with Crippen LogP contribution in [0.2, 0.25) is 10.0 Å². The maximum atomic E-state index is 12.8. The third kappa shape index (κ3) is 5.83. The molecule has 2 heterocycles. The highest BCUT2D eigenvalue weighted by molar-refractivity contribution is 7.92. The summed E-state index contributed by atoms with van der Waals surface area (Å²) in [6, 6.07) is 15.5. The largest absolute Gasteiger partial charge is 0.361 e. The Hall–Kier alpha value is -4.12. The van der Waals surface area contributed by atoms with Gasteiger partial charge in [-0.2, -0.15) is 0 Å². The lowest BCUT2D eigenvalue weighted by atomic mass is 10.0. The van der Waals surface area contributed by atoms with Gasteiger partial charge in [-0.1, -0.05) is 35.3 Å². The van der Waals surface area contributed by atoms with Crippen molar-refractivity contribution >= 4 is 61.5 Å². The number of anilines is 2. The van der Waals surface area contributed by atoms with Crippen molar-refractivity contribution in [2.24, 2.45) is 0 Å². The Labute approximate surface area is 234 Å². The Balaban J connectivity index is 1.23. The molecule has 0 bridgehead atoms. The molecule has 1 atom stereocenters. The number of halogens is 2. The van der Waals surface area contributed by atoms with E-state index in [0.29, 0.717) is 38.2 Å². The van der Waals surface area contributed by atoms with Gasteiger partial charge in [0.2, 0.25) is 0 Å². The predicted molar refractivity (Wildman–Crippen MR) is 154 cm³/mol. The number of nitrogens with zero attached hydrogens (tertiary/aromatic N) is 2. The van der Waals surface area contributed by atoms with Gasteiger partial charge in [-0.25, -0.2) is 13.2 Å². The number of hydrogen-bond donors (Lipinski definition) is 4. The standard InChI is InChI=1S/C27H22Cl2N6O3S/c1-16(21-7-8-22(26(29)25(21)28)24-15-30-12-13-32-24)33-27(36)34-18-2-5-20(6-3-18)39(37,38)35-19-4-9-23-17(14-19)10-11-31-23/h2-16,31,35H,1H3,(H2,33,34,36)/t16-/m0/s1. The number of urea groups is 1. The zero-order valence-corrected chi connectivity index (χ0v) is 22.8. The number of sulfonamides is 1. The van der Waals surface area contributed by atoms with E-state index in [4.69, 9.17) is 23.2 Å². The SMILES string of the molecule is C[C@H](NC(=O)Nc1ccc(S(=O)(=O)Nc2ccc3[nH]ccc3c2)cc1)c1ccc(-c2cnccn2)c(Cl)c1Cl. The number of H-pyrrole nitrogens is 1. The summed E-state index contributed by atoms with van der Waals surface area (Å²) in [5, 5.41) is 7.00. The van der Waals surface area contributed by atoms with Gasteiger partial charge >= 0.3 is 6.03 Å². The number of fused-ring (bicyclic) bond motifs is 1. The molecule has 5 rings (SSSR count). The molecule has 3 aromatic carbocycles. The normalized spacial score (nSPS) is 12.2. The van der Waals surface area contributed by atoms with Crippen molar-refractivity contribution in [1.82, 2.24) is 20.3 Å². The van der Waals surface area contributed by atoms with Crippen LogP contribution < -0.4 is 15.4 Å². The van der Waals surface area contributed by atoms with Crippen molar-refractivity contribution in [3.63, 3.8) is 0 Å². The van der Waals surface area contributed by atoms with E-state index < -0.39 is 22.1 Å². The minimum absolute atomic E-state index is 0.0561. The van der Waals surface area contributed by atoms with Crippen molar-refractivity contribution in [3.8, 4) is 11.3 Å². The number of amides is 2. The van der Waals surface area contributed by atoms with Crippen LogP contribution in [-0.2, 0) is 10.0 Å².